The van der Waals surface area contributed by atoms with Crippen LogP contribution in [0.3, 0.4) is 0 Å². The Balaban J connectivity index is 2.20. The van der Waals surface area contributed by atoms with Crippen LogP contribution in [0, 0.1) is 0 Å². The molecule has 0 amide bonds. The highest BCUT2D eigenvalue weighted by molar-refractivity contribution is 7.88. The first-order valence-electron chi connectivity index (χ1n) is 6.71. The lowest BCUT2D eigenvalue weighted by molar-refractivity contribution is 0.414. The van der Waals surface area contributed by atoms with Crippen LogP contribution in [-0.2, 0) is 16.4 Å². The number of aryl methyl sites for hydroxylation is 1. The molecule has 0 aliphatic heterocycles. The van der Waals surface area contributed by atoms with E-state index in [9.17, 15) is 8.42 Å². The number of methoxy groups -OCH3 is 1. The number of hydrogen-bond acceptors (Lipinski definition) is 4. The Kier molecular flexibility index (Phi) is 6.98. The Morgan fingerprint density at radius 3 is 2.40 bits per heavy atom. The molecule has 0 fully saturated rings. The molecule has 1 atom stereocenters. The van der Waals surface area contributed by atoms with Crippen LogP contribution in [0.15, 0.2) is 24.3 Å². The maximum atomic E-state index is 10.9. The van der Waals surface area contributed by atoms with Crippen LogP contribution in [0.25, 0.3) is 0 Å². The van der Waals surface area contributed by atoms with Crippen LogP contribution in [0.5, 0.6) is 5.75 Å². The number of rotatable bonds is 9. The molecule has 1 unspecified atom stereocenters. The Bertz CT molecular complexity index is 486. The second kappa shape index (κ2) is 8.24. The summed E-state index contributed by atoms with van der Waals surface area (Å²) in [4.78, 5) is 0. The molecule has 1 aromatic rings. The lowest BCUT2D eigenvalue weighted by Crippen LogP contribution is -2.35. The van der Waals surface area contributed by atoms with E-state index in [1.807, 2.05) is 12.1 Å². The van der Waals surface area contributed by atoms with Crippen LogP contribution in [0.1, 0.15) is 18.9 Å². The van der Waals surface area contributed by atoms with Gasteiger partial charge in [-0.1, -0.05) is 12.1 Å². The van der Waals surface area contributed by atoms with E-state index in [2.05, 4.69) is 29.1 Å². The number of hydrogen-bond donors (Lipinski definition) is 2. The van der Waals surface area contributed by atoms with E-state index in [4.69, 9.17) is 4.74 Å². The van der Waals surface area contributed by atoms with E-state index < -0.39 is 10.0 Å². The molecule has 0 bridgehead atoms. The molecule has 0 aliphatic rings. The zero-order chi connectivity index (χ0) is 15.0. The summed E-state index contributed by atoms with van der Waals surface area (Å²) < 4.78 is 29.4. The smallest absolute Gasteiger partial charge is 0.208 e. The van der Waals surface area contributed by atoms with Crippen molar-refractivity contribution in [1.29, 1.82) is 0 Å². The van der Waals surface area contributed by atoms with Crippen molar-refractivity contribution >= 4 is 10.0 Å². The molecule has 6 heteroatoms. The standard InChI is InChI=1S/C14H24N2O3S/c1-12(15-10-11-16-20(3,17)18)4-5-13-6-8-14(19-2)9-7-13/h6-9,12,15-16H,4-5,10-11H2,1-3H3. The highest BCUT2D eigenvalue weighted by Crippen LogP contribution is 2.13. The first kappa shape index (κ1) is 16.9. The topological polar surface area (TPSA) is 67.4 Å². The van der Waals surface area contributed by atoms with Gasteiger partial charge in [-0.2, -0.15) is 0 Å². The summed E-state index contributed by atoms with van der Waals surface area (Å²) in [5, 5.41) is 3.30. The van der Waals surface area contributed by atoms with Crippen molar-refractivity contribution in [2.75, 3.05) is 26.5 Å². The molecule has 20 heavy (non-hydrogen) atoms. The molecular formula is C14H24N2O3S. The van der Waals surface area contributed by atoms with Crippen LogP contribution >= 0.6 is 0 Å². The van der Waals surface area contributed by atoms with Gasteiger partial charge in [0.05, 0.1) is 13.4 Å². The van der Waals surface area contributed by atoms with Gasteiger partial charge >= 0.3 is 0 Å². The van der Waals surface area contributed by atoms with E-state index in [1.165, 1.54) is 11.8 Å². The molecule has 0 saturated carbocycles. The van der Waals surface area contributed by atoms with E-state index in [0.29, 0.717) is 19.1 Å². The first-order chi connectivity index (χ1) is 9.40. The van der Waals surface area contributed by atoms with Crippen molar-refractivity contribution in [3.63, 3.8) is 0 Å². The van der Waals surface area contributed by atoms with E-state index in [0.717, 1.165) is 18.6 Å². The lowest BCUT2D eigenvalue weighted by Gasteiger charge is -2.14. The number of nitrogens with one attached hydrogen (secondary N) is 2. The zero-order valence-electron chi connectivity index (χ0n) is 12.3. The second-order valence-corrected chi connectivity index (χ2v) is 6.74. The largest absolute Gasteiger partial charge is 0.497 e. The van der Waals surface area contributed by atoms with E-state index in [1.54, 1.807) is 7.11 Å². The first-order valence-corrected chi connectivity index (χ1v) is 8.61. The average molecular weight is 300 g/mol. The number of ether oxygens (including phenoxy) is 1. The Labute approximate surface area is 121 Å². The van der Waals surface area contributed by atoms with Crippen molar-refractivity contribution in [2.24, 2.45) is 0 Å². The van der Waals surface area contributed by atoms with Gasteiger partial charge in [0.2, 0.25) is 10.0 Å². The molecule has 2 N–H and O–H groups in total. The lowest BCUT2D eigenvalue weighted by atomic mass is 10.1. The average Bonchev–Trinajstić information content (AvgIpc) is 2.41. The normalized spacial score (nSPS) is 13.2. The summed E-state index contributed by atoms with van der Waals surface area (Å²) in [5.74, 6) is 0.867. The third kappa shape index (κ3) is 7.47. The van der Waals surface area contributed by atoms with Crippen LogP contribution in [0.2, 0.25) is 0 Å². The van der Waals surface area contributed by atoms with Crippen molar-refractivity contribution in [3.8, 4) is 5.75 Å². The molecule has 1 rings (SSSR count). The summed E-state index contributed by atoms with van der Waals surface area (Å²) in [5.41, 5.74) is 1.27. The highest BCUT2D eigenvalue weighted by atomic mass is 32.2. The molecule has 0 saturated heterocycles. The van der Waals surface area contributed by atoms with Gasteiger partial charge in [0.15, 0.2) is 0 Å². The quantitative estimate of drug-likeness (QED) is 0.672. The number of sulfonamides is 1. The third-order valence-corrected chi connectivity index (χ3v) is 3.74. The summed E-state index contributed by atoms with van der Waals surface area (Å²) in [6.45, 7) is 3.16. The fraction of sp³-hybridized carbons (Fsp3) is 0.571. The molecule has 114 valence electrons. The summed E-state index contributed by atoms with van der Waals surface area (Å²) in [6.07, 6.45) is 3.16. The molecule has 0 aliphatic carbocycles. The highest BCUT2D eigenvalue weighted by Gasteiger charge is 2.03. The van der Waals surface area contributed by atoms with Gasteiger partial charge in [-0.15, -0.1) is 0 Å². The summed E-state index contributed by atoms with van der Waals surface area (Å²) in [7, 11) is -1.43. The fourth-order valence-corrected chi connectivity index (χ4v) is 2.31. The van der Waals surface area contributed by atoms with E-state index >= 15 is 0 Å². The van der Waals surface area contributed by atoms with Crippen molar-refractivity contribution < 1.29 is 13.2 Å². The fourth-order valence-electron chi connectivity index (χ4n) is 1.83. The Morgan fingerprint density at radius 1 is 1.20 bits per heavy atom. The maximum absolute atomic E-state index is 10.9. The van der Waals surface area contributed by atoms with E-state index in [-0.39, 0.29) is 0 Å². The predicted octanol–water partition coefficient (Wildman–Crippen LogP) is 1.16. The van der Waals surface area contributed by atoms with Crippen molar-refractivity contribution in [1.82, 2.24) is 10.0 Å². The van der Waals surface area contributed by atoms with Crippen LogP contribution in [0.4, 0.5) is 0 Å². The Hall–Kier alpha value is -1.11. The zero-order valence-corrected chi connectivity index (χ0v) is 13.2. The molecule has 0 spiro atoms. The maximum Gasteiger partial charge on any atom is 0.208 e. The molecular weight excluding hydrogens is 276 g/mol. The monoisotopic (exact) mass is 300 g/mol. The third-order valence-electron chi connectivity index (χ3n) is 3.01. The molecule has 1 aromatic carbocycles. The van der Waals surface area contributed by atoms with Gasteiger partial charge < -0.3 is 10.1 Å². The predicted molar refractivity (Wildman–Crippen MR) is 81.6 cm³/mol. The number of benzene rings is 1. The molecule has 0 heterocycles. The van der Waals surface area contributed by atoms with Crippen LogP contribution < -0.4 is 14.8 Å². The second-order valence-electron chi connectivity index (χ2n) is 4.91. The minimum atomic E-state index is -3.09. The summed E-state index contributed by atoms with van der Waals surface area (Å²) >= 11 is 0. The van der Waals surface area contributed by atoms with Gasteiger partial charge in [0.25, 0.3) is 0 Å². The van der Waals surface area contributed by atoms with Gasteiger partial charge in [0, 0.05) is 19.1 Å². The van der Waals surface area contributed by atoms with Gasteiger partial charge in [-0.25, -0.2) is 13.1 Å². The van der Waals surface area contributed by atoms with Crippen molar-refractivity contribution in [2.45, 2.75) is 25.8 Å². The molecule has 0 radical (unpaired) electrons. The molecule has 5 nitrogen and oxygen atoms in total. The SMILES string of the molecule is COc1ccc(CCC(C)NCCNS(C)(=O)=O)cc1. The molecule has 0 aromatic heterocycles. The van der Waals surface area contributed by atoms with Gasteiger partial charge in [0.1, 0.15) is 5.75 Å². The summed E-state index contributed by atoms with van der Waals surface area (Å²) in [6, 6.07) is 8.40. The van der Waals surface area contributed by atoms with Gasteiger partial charge in [-0.3, -0.25) is 0 Å². The van der Waals surface area contributed by atoms with Crippen LogP contribution in [-0.4, -0.2) is 40.9 Å². The van der Waals surface area contributed by atoms with Crippen molar-refractivity contribution in [3.05, 3.63) is 29.8 Å². The Morgan fingerprint density at radius 2 is 1.85 bits per heavy atom. The minimum Gasteiger partial charge on any atom is -0.497 e. The minimum absolute atomic E-state index is 0.346. The van der Waals surface area contributed by atoms with Gasteiger partial charge in [-0.05, 0) is 37.5 Å².